The number of rotatable bonds is 5. The van der Waals surface area contributed by atoms with Crippen molar-refractivity contribution in [3.05, 3.63) is 59.9 Å². The first-order valence-electron chi connectivity index (χ1n) is 6.30. The normalized spacial score (nSPS) is 11.9. The third-order valence-corrected chi connectivity index (χ3v) is 4.13. The molecule has 0 aliphatic rings. The molecule has 1 atom stereocenters. The topological polar surface area (TPSA) is 72.2 Å². The van der Waals surface area contributed by atoms with Crippen LogP contribution >= 0.6 is 0 Å². The van der Waals surface area contributed by atoms with Crippen LogP contribution in [0.4, 0.5) is 10.1 Å². The number of halogens is 1. The Hall–Kier alpha value is -2.21. The van der Waals surface area contributed by atoms with Gasteiger partial charge in [0.2, 0.25) is 5.91 Å². The van der Waals surface area contributed by atoms with Gasteiger partial charge in [-0.15, -0.1) is 0 Å². The number of nitrogens with two attached hydrogens (primary N) is 1. The van der Waals surface area contributed by atoms with Crippen LogP contribution in [-0.4, -0.2) is 15.9 Å². The van der Waals surface area contributed by atoms with Crippen LogP contribution in [0.5, 0.6) is 0 Å². The van der Waals surface area contributed by atoms with E-state index in [2.05, 4.69) is 5.32 Å². The molecule has 2 aromatic carbocycles. The number of amides is 1. The summed E-state index contributed by atoms with van der Waals surface area (Å²) in [5.74, 6) is -1.20. The first kappa shape index (κ1) is 15.2. The van der Waals surface area contributed by atoms with Crippen LogP contribution in [0, 0.1) is 5.82 Å². The van der Waals surface area contributed by atoms with Gasteiger partial charge in [-0.25, -0.2) is 4.39 Å². The zero-order chi connectivity index (χ0) is 15.2. The summed E-state index contributed by atoms with van der Waals surface area (Å²) < 4.78 is 25.3. The molecule has 6 heteroatoms. The third-order valence-electron chi connectivity index (χ3n) is 2.83. The average molecular weight is 306 g/mol. The highest BCUT2D eigenvalue weighted by Gasteiger charge is 2.11. The zero-order valence-electron chi connectivity index (χ0n) is 11.2. The molecule has 3 N–H and O–H groups in total. The zero-order valence-corrected chi connectivity index (χ0v) is 12.0. The third kappa shape index (κ3) is 4.39. The van der Waals surface area contributed by atoms with E-state index in [0.29, 0.717) is 6.54 Å². The Labute approximate surface area is 124 Å². The summed E-state index contributed by atoms with van der Waals surface area (Å²) in [7, 11) is -1.60. The molecule has 0 bridgehead atoms. The number of anilines is 1. The van der Waals surface area contributed by atoms with E-state index in [1.165, 1.54) is 12.1 Å². The van der Waals surface area contributed by atoms with Gasteiger partial charge in [0.1, 0.15) is 11.6 Å². The molecule has 4 nitrogen and oxygen atoms in total. The minimum Gasteiger partial charge on any atom is -0.396 e. The van der Waals surface area contributed by atoms with Crippen LogP contribution in [0.15, 0.2) is 53.4 Å². The van der Waals surface area contributed by atoms with Crippen molar-refractivity contribution in [3.8, 4) is 0 Å². The SMILES string of the molecule is Nc1ccc(S(=O)CC(=O)NCc2ccccc2)cc1F. The molecule has 1 amide bonds. The molecule has 2 rings (SSSR count). The van der Waals surface area contributed by atoms with E-state index >= 15 is 0 Å². The lowest BCUT2D eigenvalue weighted by molar-refractivity contribution is -0.118. The summed E-state index contributed by atoms with van der Waals surface area (Å²) in [6.45, 7) is 0.368. The van der Waals surface area contributed by atoms with E-state index in [-0.39, 0.29) is 22.2 Å². The monoisotopic (exact) mass is 306 g/mol. The molecule has 0 aliphatic heterocycles. The van der Waals surface area contributed by atoms with Crippen LogP contribution in [0.25, 0.3) is 0 Å². The smallest absolute Gasteiger partial charge is 0.233 e. The maximum Gasteiger partial charge on any atom is 0.233 e. The Morgan fingerprint density at radius 3 is 2.57 bits per heavy atom. The van der Waals surface area contributed by atoms with Crippen molar-refractivity contribution in [1.82, 2.24) is 5.32 Å². The first-order chi connectivity index (χ1) is 10.1. The maximum absolute atomic E-state index is 13.3. The molecular formula is C15H15FN2O2S. The molecule has 0 saturated carbocycles. The summed E-state index contributed by atoms with van der Waals surface area (Å²) in [5.41, 5.74) is 6.29. The Kier molecular flexibility index (Phi) is 5.05. The van der Waals surface area contributed by atoms with Crippen molar-refractivity contribution in [2.24, 2.45) is 0 Å². The van der Waals surface area contributed by atoms with Gasteiger partial charge in [-0.05, 0) is 23.8 Å². The van der Waals surface area contributed by atoms with E-state index in [0.717, 1.165) is 11.6 Å². The second-order valence-electron chi connectivity index (χ2n) is 4.44. The Morgan fingerprint density at radius 2 is 1.90 bits per heavy atom. The largest absolute Gasteiger partial charge is 0.396 e. The highest BCUT2D eigenvalue weighted by atomic mass is 32.2. The fraction of sp³-hybridized carbons (Fsp3) is 0.133. The van der Waals surface area contributed by atoms with Crippen LogP contribution in [0.3, 0.4) is 0 Å². The fourth-order valence-electron chi connectivity index (χ4n) is 1.70. The van der Waals surface area contributed by atoms with Gasteiger partial charge in [-0.2, -0.15) is 0 Å². The van der Waals surface area contributed by atoms with Gasteiger partial charge < -0.3 is 11.1 Å². The number of carbonyl (C=O) groups excluding carboxylic acids is 1. The molecular weight excluding hydrogens is 291 g/mol. The molecule has 0 fully saturated rings. The molecule has 0 aliphatic carbocycles. The molecule has 0 aromatic heterocycles. The van der Waals surface area contributed by atoms with Crippen LogP contribution in [0.1, 0.15) is 5.56 Å². The molecule has 2 aromatic rings. The van der Waals surface area contributed by atoms with Crippen LogP contribution in [-0.2, 0) is 22.1 Å². The maximum atomic E-state index is 13.3. The lowest BCUT2D eigenvalue weighted by atomic mass is 10.2. The van der Waals surface area contributed by atoms with E-state index < -0.39 is 16.6 Å². The van der Waals surface area contributed by atoms with Gasteiger partial charge in [-0.3, -0.25) is 9.00 Å². The average Bonchev–Trinajstić information content (AvgIpc) is 2.49. The first-order valence-corrected chi connectivity index (χ1v) is 7.62. The number of nitrogen functional groups attached to an aromatic ring is 1. The highest BCUT2D eigenvalue weighted by molar-refractivity contribution is 7.85. The summed E-state index contributed by atoms with van der Waals surface area (Å²) in [5, 5.41) is 2.68. The minimum atomic E-state index is -1.60. The van der Waals surface area contributed by atoms with E-state index in [9.17, 15) is 13.4 Å². The molecule has 0 radical (unpaired) electrons. The molecule has 21 heavy (non-hydrogen) atoms. The standard InChI is InChI=1S/C15H15FN2O2S/c16-13-8-12(6-7-14(13)17)21(20)10-15(19)18-9-11-4-2-1-3-5-11/h1-8H,9-10,17H2,(H,18,19). The van der Waals surface area contributed by atoms with Crippen molar-refractivity contribution in [1.29, 1.82) is 0 Å². The van der Waals surface area contributed by atoms with Gasteiger partial charge in [-0.1, -0.05) is 30.3 Å². The lowest BCUT2D eigenvalue weighted by Gasteiger charge is -2.06. The van der Waals surface area contributed by atoms with Gasteiger partial charge >= 0.3 is 0 Å². The molecule has 0 heterocycles. The van der Waals surface area contributed by atoms with E-state index in [1.54, 1.807) is 0 Å². The molecule has 0 saturated heterocycles. The summed E-state index contributed by atoms with van der Waals surface area (Å²) >= 11 is 0. The second kappa shape index (κ2) is 6.99. The Morgan fingerprint density at radius 1 is 1.19 bits per heavy atom. The lowest BCUT2D eigenvalue weighted by Crippen LogP contribution is -2.27. The van der Waals surface area contributed by atoms with Crippen molar-refractivity contribution < 1.29 is 13.4 Å². The van der Waals surface area contributed by atoms with Crippen molar-refractivity contribution in [3.63, 3.8) is 0 Å². The highest BCUT2D eigenvalue weighted by Crippen LogP contribution is 2.15. The summed E-state index contributed by atoms with van der Waals surface area (Å²) in [4.78, 5) is 12.0. The quantitative estimate of drug-likeness (QED) is 0.828. The van der Waals surface area contributed by atoms with Gasteiger partial charge in [0, 0.05) is 11.4 Å². The number of benzene rings is 2. The van der Waals surface area contributed by atoms with Crippen LogP contribution in [0.2, 0.25) is 0 Å². The number of carbonyl (C=O) groups is 1. The fourth-order valence-corrected chi connectivity index (χ4v) is 2.66. The van der Waals surface area contributed by atoms with Gasteiger partial charge in [0.25, 0.3) is 0 Å². The van der Waals surface area contributed by atoms with Crippen LogP contribution < -0.4 is 11.1 Å². The van der Waals surface area contributed by atoms with Crippen molar-refractivity contribution in [2.75, 3.05) is 11.5 Å². The Balaban J connectivity index is 1.90. The molecule has 110 valence electrons. The van der Waals surface area contributed by atoms with Crippen molar-refractivity contribution >= 4 is 22.4 Å². The van der Waals surface area contributed by atoms with E-state index in [1.807, 2.05) is 30.3 Å². The molecule has 1 unspecified atom stereocenters. The summed E-state index contributed by atoms with van der Waals surface area (Å²) in [6.07, 6.45) is 0. The Bertz CT molecular complexity index is 662. The number of hydrogen-bond acceptors (Lipinski definition) is 3. The minimum absolute atomic E-state index is 0.00993. The van der Waals surface area contributed by atoms with Gasteiger partial charge in [0.15, 0.2) is 0 Å². The second-order valence-corrected chi connectivity index (χ2v) is 5.89. The number of nitrogens with one attached hydrogen (secondary N) is 1. The predicted octanol–water partition coefficient (Wildman–Crippen LogP) is 1.83. The van der Waals surface area contributed by atoms with Gasteiger partial charge in [0.05, 0.1) is 16.5 Å². The predicted molar refractivity (Wildman–Crippen MR) is 80.4 cm³/mol. The molecule has 0 spiro atoms. The van der Waals surface area contributed by atoms with Crippen molar-refractivity contribution in [2.45, 2.75) is 11.4 Å². The summed E-state index contributed by atoms with van der Waals surface area (Å²) in [6, 6.07) is 13.3. The van der Waals surface area contributed by atoms with E-state index in [4.69, 9.17) is 5.73 Å². The number of hydrogen-bond donors (Lipinski definition) is 2.